The van der Waals surface area contributed by atoms with Gasteiger partial charge in [-0.1, -0.05) is 25.4 Å². The van der Waals surface area contributed by atoms with Crippen molar-refractivity contribution in [2.75, 3.05) is 13.1 Å². The Morgan fingerprint density at radius 2 is 2.04 bits per heavy atom. The van der Waals surface area contributed by atoms with Crippen molar-refractivity contribution in [3.63, 3.8) is 0 Å². The summed E-state index contributed by atoms with van der Waals surface area (Å²) in [5.74, 6) is 1.28. The Hall–Kier alpha value is -1.59. The molecule has 0 spiro atoms. The number of piperidine rings is 1. The molecule has 2 heterocycles. The molecule has 1 atom stereocenters. The van der Waals surface area contributed by atoms with E-state index in [-0.39, 0.29) is 5.41 Å². The standard InChI is InChI=1S/C21H28ClN3O2/c1-21(2,15-5-7-25(8-6-15)18(26)9-13-3-4-13)20(27)17-11-16(22)10-14-12-23-24-19(14)17/h10-13,15,20,27H,3-9H2,1-2H3,(H,23,24). The molecule has 146 valence electrons. The van der Waals surface area contributed by atoms with Crippen LogP contribution in [0.2, 0.25) is 5.02 Å². The molecule has 1 aliphatic carbocycles. The molecule has 2 N–H and O–H groups in total. The van der Waals surface area contributed by atoms with Gasteiger partial charge in [0.25, 0.3) is 0 Å². The van der Waals surface area contributed by atoms with Crippen molar-refractivity contribution in [1.82, 2.24) is 15.1 Å². The van der Waals surface area contributed by atoms with E-state index in [4.69, 9.17) is 11.6 Å². The lowest BCUT2D eigenvalue weighted by molar-refractivity contribution is -0.134. The molecule has 27 heavy (non-hydrogen) atoms. The monoisotopic (exact) mass is 389 g/mol. The Morgan fingerprint density at radius 1 is 1.33 bits per heavy atom. The van der Waals surface area contributed by atoms with Gasteiger partial charge >= 0.3 is 0 Å². The fourth-order valence-corrected chi connectivity index (χ4v) is 4.69. The van der Waals surface area contributed by atoms with Crippen molar-refractivity contribution in [1.29, 1.82) is 0 Å². The van der Waals surface area contributed by atoms with Crippen LogP contribution in [-0.2, 0) is 4.79 Å². The van der Waals surface area contributed by atoms with Crippen LogP contribution < -0.4 is 0 Å². The Morgan fingerprint density at radius 3 is 2.70 bits per heavy atom. The van der Waals surface area contributed by atoms with Crippen LogP contribution in [0.15, 0.2) is 18.3 Å². The predicted molar refractivity (Wildman–Crippen MR) is 106 cm³/mol. The third-order valence-electron chi connectivity index (χ3n) is 6.60. The second-order valence-corrected chi connectivity index (χ2v) is 9.29. The maximum Gasteiger partial charge on any atom is 0.222 e. The highest BCUT2D eigenvalue weighted by Gasteiger charge is 2.40. The molecule has 2 aliphatic rings. The summed E-state index contributed by atoms with van der Waals surface area (Å²) in [7, 11) is 0. The first-order valence-electron chi connectivity index (χ1n) is 9.94. The molecule has 1 aliphatic heterocycles. The SMILES string of the molecule is CC(C)(C1CCN(C(=O)CC2CC2)CC1)C(O)c1cc(Cl)cc2cn[nH]c12. The summed E-state index contributed by atoms with van der Waals surface area (Å²) in [6.07, 6.45) is 6.07. The number of aliphatic hydroxyl groups is 1. The van der Waals surface area contributed by atoms with Crippen molar-refractivity contribution in [3.8, 4) is 0 Å². The zero-order valence-electron chi connectivity index (χ0n) is 16.0. The summed E-state index contributed by atoms with van der Waals surface area (Å²) in [5.41, 5.74) is 1.32. The maximum atomic E-state index is 12.4. The van der Waals surface area contributed by atoms with Crippen LogP contribution in [0, 0.1) is 17.3 Å². The molecule has 1 aromatic carbocycles. The van der Waals surface area contributed by atoms with Gasteiger partial charge in [0.2, 0.25) is 5.91 Å². The van der Waals surface area contributed by atoms with E-state index in [1.54, 1.807) is 6.20 Å². The van der Waals surface area contributed by atoms with Gasteiger partial charge in [-0.05, 0) is 55.1 Å². The van der Waals surface area contributed by atoms with Crippen LogP contribution in [0.4, 0.5) is 0 Å². The molecule has 5 nitrogen and oxygen atoms in total. The first kappa shape index (κ1) is 18.8. The zero-order valence-corrected chi connectivity index (χ0v) is 16.8. The highest BCUT2D eigenvalue weighted by atomic mass is 35.5. The van der Waals surface area contributed by atoms with E-state index in [2.05, 4.69) is 24.0 Å². The summed E-state index contributed by atoms with van der Waals surface area (Å²) in [5, 5.41) is 19.9. The van der Waals surface area contributed by atoms with E-state index in [9.17, 15) is 9.90 Å². The van der Waals surface area contributed by atoms with Crippen LogP contribution in [0.25, 0.3) is 10.9 Å². The molecule has 1 aromatic heterocycles. The number of carbonyl (C=O) groups excluding carboxylic acids is 1. The van der Waals surface area contributed by atoms with Crippen LogP contribution in [0.1, 0.15) is 57.6 Å². The molecule has 4 rings (SSSR count). The predicted octanol–water partition coefficient (Wildman–Crippen LogP) is 4.31. The third kappa shape index (κ3) is 3.72. The third-order valence-corrected chi connectivity index (χ3v) is 6.82. The number of fused-ring (bicyclic) bond motifs is 1. The normalized spacial score (nSPS) is 20.2. The van der Waals surface area contributed by atoms with Gasteiger partial charge in [0.1, 0.15) is 0 Å². The second-order valence-electron chi connectivity index (χ2n) is 8.86. The molecule has 2 fully saturated rings. The number of likely N-dealkylation sites (tertiary alicyclic amines) is 1. The van der Waals surface area contributed by atoms with Crippen molar-refractivity contribution in [3.05, 3.63) is 28.9 Å². The molecule has 2 aromatic rings. The van der Waals surface area contributed by atoms with Gasteiger partial charge in [0, 0.05) is 35.5 Å². The van der Waals surface area contributed by atoms with E-state index < -0.39 is 6.10 Å². The molecular formula is C21H28ClN3O2. The smallest absolute Gasteiger partial charge is 0.222 e. The molecule has 1 saturated heterocycles. The van der Waals surface area contributed by atoms with Crippen LogP contribution >= 0.6 is 11.6 Å². The molecular weight excluding hydrogens is 362 g/mol. The molecule has 1 saturated carbocycles. The van der Waals surface area contributed by atoms with Gasteiger partial charge in [0.05, 0.1) is 17.8 Å². The minimum absolute atomic E-state index is 0.309. The van der Waals surface area contributed by atoms with Gasteiger partial charge in [0.15, 0.2) is 0 Å². The van der Waals surface area contributed by atoms with Crippen LogP contribution in [0.5, 0.6) is 0 Å². The number of halogens is 1. The summed E-state index contributed by atoms with van der Waals surface area (Å²) < 4.78 is 0. The van der Waals surface area contributed by atoms with Gasteiger partial charge in [-0.15, -0.1) is 0 Å². The van der Waals surface area contributed by atoms with Gasteiger partial charge in [-0.25, -0.2) is 0 Å². The molecule has 0 radical (unpaired) electrons. The Labute approximate surface area is 165 Å². The van der Waals surface area contributed by atoms with Gasteiger partial charge in [-0.3, -0.25) is 9.89 Å². The van der Waals surface area contributed by atoms with Crippen molar-refractivity contribution < 1.29 is 9.90 Å². The van der Waals surface area contributed by atoms with Crippen molar-refractivity contribution in [2.24, 2.45) is 17.3 Å². The number of carbonyl (C=O) groups is 1. The largest absolute Gasteiger partial charge is 0.388 e. The quantitative estimate of drug-likeness (QED) is 0.800. The molecule has 1 unspecified atom stereocenters. The van der Waals surface area contributed by atoms with E-state index >= 15 is 0 Å². The fraction of sp³-hybridized carbons (Fsp3) is 0.619. The Bertz CT molecular complexity index is 835. The number of hydrogen-bond donors (Lipinski definition) is 2. The fourth-order valence-electron chi connectivity index (χ4n) is 4.46. The lowest BCUT2D eigenvalue weighted by Crippen LogP contribution is -2.43. The molecule has 0 bridgehead atoms. The van der Waals surface area contributed by atoms with E-state index in [0.29, 0.717) is 22.8 Å². The minimum atomic E-state index is -0.655. The minimum Gasteiger partial charge on any atom is -0.388 e. The van der Waals surface area contributed by atoms with E-state index in [1.165, 1.54) is 12.8 Å². The Kier molecular flexibility index (Phi) is 4.93. The second kappa shape index (κ2) is 7.10. The number of aromatic nitrogens is 2. The van der Waals surface area contributed by atoms with Crippen LogP contribution in [0.3, 0.4) is 0 Å². The number of nitrogens with one attached hydrogen (secondary N) is 1. The zero-order chi connectivity index (χ0) is 19.2. The van der Waals surface area contributed by atoms with Crippen molar-refractivity contribution in [2.45, 2.75) is 52.1 Å². The van der Waals surface area contributed by atoms with E-state index in [0.717, 1.165) is 48.8 Å². The number of hydrogen-bond acceptors (Lipinski definition) is 3. The van der Waals surface area contributed by atoms with Gasteiger partial charge in [-0.2, -0.15) is 5.10 Å². The highest BCUT2D eigenvalue weighted by Crippen LogP contribution is 2.46. The first-order valence-corrected chi connectivity index (χ1v) is 10.3. The molecule has 6 heteroatoms. The average molecular weight is 390 g/mol. The Balaban J connectivity index is 1.47. The van der Waals surface area contributed by atoms with Gasteiger partial charge < -0.3 is 10.0 Å². The number of rotatable bonds is 5. The maximum absolute atomic E-state index is 12.4. The number of benzene rings is 1. The van der Waals surface area contributed by atoms with E-state index in [1.807, 2.05) is 17.0 Å². The number of aromatic amines is 1. The first-order chi connectivity index (χ1) is 12.9. The summed E-state index contributed by atoms with van der Waals surface area (Å²) in [4.78, 5) is 14.4. The number of amides is 1. The summed E-state index contributed by atoms with van der Waals surface area (Å²) in [6, 6.07) is 3.69. The topological polar surface area (TPSA) is 69.2 Å². The number of nitrogens with zero attached hydrogens (tertiary/aromatic N) is 2. The average Bonchev–Trinajstić information content (AvgIpc) is 3.34. The van der Waals surface area contributed by atoms with Crippen molar-refractivity contribution >= 4 is 28.4 Å². The number of H-pyrrole nitrogens is 1. The molecule has 1 amide bonds. The summed E-state index contributed by atoms with van der Waals surface area (Å²) in [6.45, 7) is 5.82. The summed E-state index contributed by atoms with van der Waals surface area (Å²) >= 11 is 6.26. The lowest BCUT2D eigenvalue weighted by Gasteiger charge is -2.43. The number of aliphatic hydroxyl groups excluding tert-OH is 1. The van der Waals surface area contributed by atoms with Crippen LogP contribution in [-0.4, -0.2) is 39.2 Å². The lowest BCUT2D eigenvalue weighted by atomic mass is 9.68. The highest BCUT2D eigenvalue weighted by molar-refractivity contribution is 6.31.